The molecular formula is C17H19Cl2N3O2. The molecule has 7 heteroatoms. The number of carbonyl (C=O) groups is 1. The third-order valence-corrected chi connectivity index (χ3v) is 4.90. The van der Waals surface area contributed by atoms with Crippen molar-refractivity contribution in [2.75, 3.05) is 0 Å². The van der Waals surface area contributed by atoms with Gasteiger partial charge in [-0.25, -0.2) is 4.98 Å². The van der Waals surface area contributed by atoms with Crippen LogP contribution in [0.25, 0.3) is 10.9 Å². The van der Waals surface area contributed by atoms with Crippen molar-refractivity contribution in [2.45, 2.75) is 51.1 Å². The first-order chi connectivity index (χ1) is 11.5. The fourth-order valence-corrected chi connectivity index (χ4v) is 3.67. The van der Waals surface area contributed by atoms with E-state index < -0.39 is 0 Å². The number of aryl methyl sites for hydroxylation is 1. The second-order valence-corrected chi connectivity index (χ2v) is 7.02. The molecule has 1 N–H and O–H groups in total. The first kappa shape index (κ1) is 17.2. The van der Waals surface area contributed by atoms with E-state index in [0.29, 0.717) is 20.9 Å². The van der Waals surface area contributed by atoms with E-state index in [9.17, 15) is 9.59 Å². The highest BCUT2D eigenvalue weighted by atomic mass is 35.5. The number of benzene rings is 1. The zero-order valence-electron chi connectivity index (χ0n) is 13.2. The summed E-state index contributed by atoms with van der Waals surface area (Å²) in [4.78, 5) is 28.8. The number of hydrogen-bond donors (Lipinski definition) is 1. The molecule has 0 aliphatic heterocycles. The summed E-state index contributed by atoms with van der Waals surface area (Å²) in [6, 6.07) is 3.38. The summed E-state index contributed by atoms with van der Waals surface area (Å²) in [6.45, 7) is 0.282. The maximum Gasteiger partial charge on any atom is 0.261 e. The number of nitrogens with zero attached hydrogens (tertiary/aromatic N) is 2. The molecule has 1 saturated carbocycles. The number of nitrogens with one attached hydrogen (secondary N) is 1. The minimum Gasteiger partial charge on any atom is -0.353 e. The van der Waals surface area contributed by atoms with Gasteiger partial charge in [-0.05, 0) is 25.0 Å². The van der Waals surface area contributed by atoms with Gasteiger partial charge in [-0.3, -0.25) is 14.2 Å². The normalized spacial score (nSPS) is 15.6. The molecule has 3 rings (SSSR count). The highest BCUT2D eigenvalue weighted by Crippen LogP contribution is 2.24. The Bertz CT molecular complexity index is 813. The summed E-state index contributed by atoms with van der Waals surface area (Å²) in [5.74, 6) is -0.0296. The monoisotopic (exact) mass is 367 g/mol. The first-order valence-corrected chi connectivity index (χ1v) is 8.94. The van der Waals surface area contributed by atoms with E-state index in [4.69, 9.17) is 23.2 Å². The van der Waals surface area contributed by atoms with Crippen molar-refractivity contribution in [1.29, 1.82) is 0 Å². The Morgan fingerprint density at radius 3 is 2.75 bits per heavy atom. The van der Waals surface area contributed by atoms with Crippen LogP contribution in [0.15, 0.2) is 23.3 Å². The van der Waals surface area contributed by atoms with Gasteiger partial charge in [0.1, 0.15) is 0 Å². The summed E-state index contributed by atoms with van der Waals surface area (Å²) in [5, 5.41) is 4.14. The van der Waals surface area contributed by atoms with Crippen molar-refractivity contribution in [1.82, 2.24) is 14.9 Å². The Morgan fingerprint density at radius 1 is 1.25 bits per heavy atom. The molecular weight excluding hydrogens is 349 g/mol. The molecule has 0 spiro atoms. The van der Waals surface area contributed by atoms with Crippen molar-refractivity contribution >= 4 is 40.0 Å². The van der Waals surface area contributed by atoms with Gasteiger partial charge in [0.25, 0.3) is 5.56 Å². The molecule has 0 unspecified atom stereocenters. The van der Waals surface area contributed by atoms with Gasteiger partial charge < -0.3 is 5.32 Å². The first-order valence-electron chi connectivity index (χ1n) is 8.18. The topological polar surface area (TPSA) is 64.0 Å². The third-order valence-electron chi connectivity index (χ3n) is 4.40. The van der Waals surface area contributed by atoms with Crippen LogP contribution in [0.4, 0.5) is 0 Å². The number of amides is 1. The molecule has 2 aromatic rings. The molecule has 0 radical (unpaired) electrons. The van der Waals surface area contributed by atoms with Crippen LogP contribution in [-0.2, 0) is 11.3 Å². The second-order valence-electron chi connectivity index (χ2n) is 6.18. The van der Waals surface area contributed by atoms with Gasteiger partial charge in [-0.2, -0.15) is 0 Å². The number of fused-ring (bicyclic) bond motifs is 1. The molecule has 24 heavy (non-hydrogen) atoms. The molecule has 1 aromatic carbocycles. The summed E-state index contributed by atoms with van der Waals surface area (Å²) in [5.41, 5.74) is 0.184. The predicted molar refractivity (Wildman–Crippen MR) is 95.7 cm³/mol. The van der Waals surface area contributed by atoms with Crippen molar-refractivity contribution in [3.63, 3.8) is 0 Å². The average molecular weight is 368 g/mol. The van der Waals surface area contributed by atoms with E-state index >= 15 is 0 Å². The Morgan fingerprint density at radius 2 is 2.00 bits per heavy atom. The molecule has 1 heterocycles. The van der Waals surface area contributed by atoms with Gasteiger partial charge in [-0.1, -0.05) is 42.5 Å². The lowest BCUT2D eigenvalue weighted by molar-refractivity contribution is -0.122. The number of hydrogen-bond acceptors (Lipinski definition) is 3. The van der Waals surface area contributed by atoms with Crippen molar-refractivity contribution in [2.24, 2.45) is 0 Å². The van der Waals surface area contributed by atoms with Crippen molar-refractivity contribution < 1.29 is 4.79 Å². The quantitative estimate of drug-likeness (QED) is 0.898. The van der Waals surface area contributed by atoms with E-state index in [-0.39, 0.29) is 30.5 Å². The van der Waals surface area contributed by atoms with Crippen LogP contribution < -0.4 is 10.9 Å². The average Bonchev–Trinajstić information content (AvgIpc) is 2.56. The second kappa shape index (κ2) is 7.53. The zero-order chi connectivity index (χ0) is 17.1. The van der Waals surface area contributed by atoms with Gasteiger partial charge in [0.05, 0.1) is 22.3 Å². The summed E-state index contributed by atoms with van der Waals surface area (Å²) in [6.07, 6.45) is 7.34. The van der Waals surface area contributed by atoms with Crippen LogP contribution in [0.2, 0.25) is 10.0 Å². The maximum absolute atomic E-state index is 12.5. The highest BCUT2D eigenvalue weighted by molar-refractivity contribution is 6.38. The summed E-state index contributed by atoms with van der Waals surface area (Å²) >= 11 is 12.0. The van der Waals surface area contributed by atoms with E-state index in [0.717, 1.165) is 12.8 Å². The Hall–Kier alpha value is -1.59. The van der Waals surface area contributed by atoms with Gasteiger partial charge >= 0.3 is 0 Å². The van der Waals surface area contributed by atoms with Crippen LogP contribution in [-0.4, -0.2) is 21.5 Å². The van der Waals surface area contributed by atoms with Gasteiger partial charge in [0, 0.05) is 24.0 Å². The predicted octanol–water partition coefficient (Wildman–Crippen LogP) is 3.54. The number of aromatic nitrogens is 2. The minimum atomic E-state index is -0.241. The smallest absolute Gasteiger partial charge is 0.261 e. The van der Waals surface area contributed by atoms with Gasteiger partial charge in [0.2, 0.25) is 5.91 Å². The van der Waals surface area contributed by atoms with Gasteiger partial charge in [0.15, 0.2) is 0 Å². The van der Waals surface area contributed by atoms with E-state index in [1.165, 1.54) is 30.2 Å². The van der Waals surface area contributed by atoms with Crippen LogP contribution in [0.1, 0.15) is 38.5 Å². The van der Waals surface area contributed by atoms with Crippen LogP contribution >= 0.6 is 23.2 Å². The maximum atomic E-state index is 12.5. The van der Waals surface area contributed by atoms with Crippen LogP contribution in [0.5, 0.6) is 0 Å². The van der Waals surface area contributed by atoms with E-state index in [2.05, 4.69) is 10.3 Å². The fourth-order valence-electron chi connectivity index (χ4n) is 3.12. The standard InChI is InChI=1S/C17H19Cl2N3O2/c18-11-8-13-16(14(19)9-11)20-10-22(17(13)24)7-6-15(23)21-12-4-2-1-3-5-12/h8-10,12H,1-7H2,(H,21,23). The molecule has 128 valence electrons. The van der Waals surface area contributed by atoms with Crippen molar-refractivity contribution in [3.8, 4) is 0 Å². The molecule has 5 nitrogen and oxygen atoms in total. The van der Waals surface area contributed by atoms with Gasteiger partial charge in [-0.15, -0.1) is 0 Å². The zero-order valence-corrected chi connectivity index (χ0v) is 14.7. The summed E-state index contributed by atoms with van der Waals surface area (Å²) < 4.78 is 1.43. The number of halogens is 2. The van der Waals surface area contributed by atoms with E-state index in [1.54, 1.807) is 12.1 Å². The molecule has 0 bridgehead atoms. The molecule has 1 amide bonds. The lowest BCUT2D eigenvalue weighted by Gasteiger charge is -2.22. The Labute approximate surface area is 150 Å². The minimum absolute atomic E-state index is 0.0296. The summed E-state index contributed by atoms with van der Waals surface area (Å²) in [7, 11) is 0. The fraction of sp³-hybridized carbons (Fsp3) is 0.471. The Balaban J connectivity index is 1.70. The lowest BCUT2D eigenvalue weighted by atomic mass is 9.95. The highest BCUT2D eigenvalue weighted by Gasteiger charge is 2.16. The van der Waals surface area contributed by atoms with Crippen LogP contribution in [0.3, 0.4) is 0 Å². The molecule has 1 aliphatic carbocycles. The number of carbonyl (C=O) groups excluding carboxylic acids is 1. The molecule has 1 aromatic heterocycles. The Kier molecular flexibility index (Phi) is 5.41. The lowest BCUT2D eigenvalue weighted by Crippen LogP contribution is -2.37. The van der Waals surface area contributed by atoms with E-state index in [1.807, 2.05) is 0 Å². The number of rotatable bonds is 4. The largest absolute Gasteiger partial charge is 0.353 e. The van der Waals surface area contributed by atoms with Crippen LogP contribution in [0, 0.1) is 0 Å². The SMILES string of the molecule is O=C(CCn1cnc2c(Cl)cc(Cl)cc2c1=O)NC1CCCCC1. The molecule has 1 aliphatic rings. The molecule has 0 atom stereocenters. The third kappa shape index (κ3) is 3.90. The molecule has 0 saturated heterocycles. The van der Waals surface area contributed by atoms with Crippen molar-refractivity contribution in [3.05, 3.63) is 38.9 Å². The molecule has 1 fully saturated rings.